The van der Waals surface area contributed by atoms with Crippen LogP contribution in [0.3, 0.4) is 0 Å². The number of ether oxygens (including phenoxy) is 2. The lowest BCUT2D eigenvalue weighted by Gasteiger charge is -2.27. The Hall–Kier alpha value is -3.33. The zero-order valence-corrected chi connectivity index (χ0v) is 19.9. The van der Waals surface area contributed by atoms with Gasteiger partial charge in [0, 0.05) is 10.8 Å². The summed E-state index contributed by atoms with van der Waals surface area (Å²) in [7, 11) is -4.25. The van der Waals surface area contributed by atoms with E-state index in [0.29, 0.717) is 13.2 Å². The first kappa shape index (κ1) is 24.8. The molecule has 4 unspecified atom stereocenters. The summed E-state index contributed by atoms with van der Waals surface area (Å²) in [4.78, 5) is 11.4. The Labute approximate surface area is 205 Å². The van der Waals surface area contributed by atoms with E-state index in [9.17, 15) is 18.5 Å². The van der Waals surface area contributed by atoms with Gasteiger partial charge >= 0.3 is 5.37 Å². The second-order valence-corrected chi connectivity index (χ2v) is 10.5. The maximum atomic E-state index is 13.3. The zero-order chi connectivity index (χ0) is 24.7. The molecular weight excluding hydrogens is 466 g/mol. The maximum absolute atomic E-state index is 13.3. The molecule has 1 aliphatic rings. The van der Waals surface area contributed by atoms with Crippen LogP contribution >= 0.6 is 0 Å². The van der Waals surface area contributed by atoms with Crippen molar-refractivity contribution in [2.45, 2.75) is 29.6 Å². The fourth-order valence-electron chi connectivity index (χ4n) is 4.30. The van der Waals surface area contributed by atoms with Crippen LogP contribution in [-0.2, 0) is 32.5 Å². The average molecular weight is 494 g/mol. The largest absolute Gasteiger partial charge is 0.376 e. The highest BCUT2D eigenvalue weighted by Gasteiger charge is 2.50. The molecule has 8 heteroatoms. The van der Waals surface area contributed by atoms with Gasteiger partial charge < -0.3 is 9.47 Å². The van der Waals surface area contributed by atoms with Gasteiger partial charge in [0.25, 0.3) is 0 Å². The third-order valence-corrected chi connectivity index (χ3v) is 8.12. The van der Waals surface area contributed by atoms with Crippen LogP contribution in [0.5, 0.6) is 0 Å². The van der Waals surface area contributed by atoms with Crippen LogP contribution in [0.4, 0.5) is 0 Å². The lowest BCUT2D eigenvalue weighted by atomic mass is 9.94. The van der Waals surface area contributed by atoms with Gasteiger partial charge in [-0.05, 0) is 23.3 Å². The van der Waals surface area contributed by atoms with Crippen molar-refractivity contribution < 1.29 is 22.8 Å². The van der Waals surface area contributed by atoms with Gasteiger partial charge in [-0.3, -0.25) is 10.1 Å². The van der Waals surface area contributed by atoms with E-state index in [4.69, 9.17) is 9.47 Å². The molecule has 0 spiro atoms. The molecule has 3 aromatic rings. The Morgan fingerprint density at radius 2 is 1.34 bits per heavy atom. The van der Waals surface area contributed by atoms with E-state index in [-0.39, 0.29) is 11.5 Å². The number of sulfone groups is 1. The van der Waals surface area contributed by atoms with Crippen molar-refractivity contribution in [2.75, 3.05) is 6.61 Å². The van der Waals surface area contributed by atoms with Gasteiger partial charge in [-0.15, -0.1) is 0 Å². The maximum Gasteiger partial charge on any atom is 0.321 e. The summed E-state index contributed by atoms with van der Waals surface area (Å²) in [6.07, 6.45) is 2.80. The molecule has 0 saturated carbocycles. The molecule has 3 aromatic carbocycles. The third-order valence-electron chi connectivity index (χ3n) is 6.07. The monoisotopic (exact) mass is 493 g/mol. The minimum absolute atomic E-state index is 0.0762. The van der Waals surface area contributed by atoms with Crippen molar-refractivity contribution in [3.8, 4) is 0 Å². The van der Waals surface area contributed by atoms with Gasteiger partial charge in [-0.2, -0.15) is 0 Å². The van der Waals surface area contributed by atoms with E-state index in [1.165, 1.54) is 12.1 Å². The average Bonchev–Trinajstić information content (AvgIpc) is 3.26. The summed E-state index contributed by atoms with van der Waals surface area (Å²) in [6.45, 7) is 0.719. The van der Waals surface area contributed by atoms with Gasteiger partial charge in [-0.1, -0.05) is 91.0 Å². The minimum atomic E-state index is -4.25. The second-order valence-electron chi connectivity index (χ2n) is 8.42. The molecule has 0 radical (unpaired) electrons. The summed E-state index contributed by atoms with van der Waals surface area (Å²) in [6, 6.07) is 26.7. The molecule has 0 saturated heterocycles. The summed E-state index contributed by atoms with van der Waals surface area (Å²) < 4.78 is 38.7. The van der Waals surface area contributed by atoms with E-state index >= 15 is 0 Å². The van der Waals surface area contributed by atoms with E-state index in [2.05, 4.69) is 0 Å². The third kappa shape index (κ3) is 6.03. The Balaban J connectivity index is 1.57. The van der Waals surface area contributed by atoms with E-state index in [0.717, 1.165) is 11.1 Å². The van der Waals surface area contributed by atoms with Crippen LogP contribution in [0.15, 0.2) is 108 Å². The smallest absolute Gasteiger partial charge is 0.321 e. The highest BCUT2D eigenvalue weighted by atomic mass is 32.2. The molecule has 0 N–H and O–H groups in total. The van der Waals surface area contributed by atoms with Crippen LogP contribution in [0.2, 0.25) is 0 Å². The Morgan fingerprint density at radius 1 is 0.800 bits per heavy atom. The van der Waals surface area contributed by atoms with Crippen LogP contribution in [0.25, 0.3) is 0 Å². The van der Waals surface area contributed by atoms with Gasteiger partial charge in [0.2, 0.25) is 9.84 Å². The molecule has 0 bridgehead atoms. The first-order valence-electron chi connectivity index (χ1n) is 11.3. The number of benzene rings is 3. The number of rotatable bonds is 11. The van der Waals surface area contributed by atoms with Crippen molar-refractivity contribution in [1.29, 1.82) is 0 Å². The van der Waals surface area contributed by atoms with Crippen molar-refractivity contribution in [3.63, 3.8) is 0 Å². The van der Waals surface area contributed by atoms with Crippen molar-refractivity contribution >= 4 is 9.84 Å². The summed E-state index contributed by atoms with van der Waals surface area (Å²) in [5, 5.41) is 10.3. The molecule has 182 valence electrons. The fourth-order valence-corrected chi connectivity index (χ4v) is 6.05. The van der Waals surface area contributed by atoms with Crippen molar-refractivity contribution in [1.82, 2.24) is 0 Å². The van der Waals surface area contributed by atoms with Gasteiger partial charge in [0.05, 0.1) is 36.7 Å². The number of hydrogen-bond acceptors (Lipinski definition) is 6. The quantitative estimate of drug-likeness (QED) is 0.219. The number of nitro groups is 1. The molecular formula is C27H27NO6S. The summed E-state index contributed by atoms with van der Waals surface area (Å²) in [5.41, 5.74) is 1.91. The molecule has 0 aliphatic heterocycles. The van der Waals surface area contributed by atoms with Gasteiger partial charge in [-0.25, -0.2) is 8.42 Å². The van der Waals surface area contributed by atoms with E-state index in [1.54, 1.807) is 30.4 Å². The highest BCUT2D eigenvalue weighted by molar-refractivity contribution is 7.91. The molecule has 0 fully saturated rings. The van der Waals surface area contributed by atoms with Crippen LogP contribution < -0.4 is 0 Å². The molecule has 1 aliphatic carbocycles. The van der Waals surface area contributed by atoms with E-state index in [1.807, 2.05) is 60.7 Å². The van der Waals surface area contributed by atoms with Crippen LogP contribution in [0, 0.1) is 22.0 Å². The first-order valence-corrected chi connectivity index (χ1v) is 12.9. The Kier molecular flexibility index (Phi) is 8.07. The summed E-state index contributed by atoms with van der Waals surface area (Å²) >= 11 is 0. The van der Waals surface area contributed by atoms with Crippen LogP contribution in [-0.4, -0.2) is 31.4 Å². The lowest BCUT2D eigenvalue weighted by molar-refractivity contribution is -0.506. The first-order chi connectivity index (χ1) is 17.0. The normalized spacial score (nSPS) is 20.5. The minimum Gasteiger partial charge on any atom is -0.376 e. The lowest BCUT2D eigenvalue weighted by Crippen LogP contribution is -2.42. The molecule has 35 heavy (non-hydrogen) atoms. The van der Waals surface area contributed by atoms with Crippen molar-refractivity contribution in [3.05, 3.63) is 124 Å². The molecule has 4 rings (SSSR count). The number of nitrogens with zero attached hydrogens (tertiary/aromatic N) is 1. The standard InChI is InChI=1S/C27H27NO6S/c29-28(30)27(35(31,32)23-14-8-3-9-15-23)24-16-17-26(34-19-22-12-6-2-7-13-22)25(24)20-33-18-21-10-4-1-5-11-21/h1-17,24-27H,18-20H2. The van der Waals surface area contributed by atoms with Crippen molar-refractivity contribution in [2.24, 2.45) is 11.8 Å². The molecule has 0 aromatic heterocycles. The van der Waals surface area contributed by atoms with E-state index < -0.39 is 38.1 Å². The molecule has 0 heterocycles. The van der Waals surface area contributed by atoms with Crippen LogP contribution in [0.1, 0.15) is 11.1 Å². The molecule has 7 nitrogen and oxygen atoms in total. The second kappa shape index (κ2) is 11.4. The highest BCUT2D eigenvalue weighted by Crippen LogP contribution is 2.36. The SMILES string of the molecule is O=[N+]([O-])C(C1C=CC(OCc2ccccc2)C1COCc1ccccc1)S(=O)(=O)c1ccccc1. The topological polar surface area (TPSA) is 95.7 Å². The Morgan fingerprint density at radius 3 is 1.91 bits per heavy atom. The summed E-state index contributed by atoms with van der Waals surface area (Å²) in [5.74, 6) is -1.46. The zero-order valence-electron chi connectivity index (χ0n) is 19.1. The number of hydrogen-bond donors (Lipinski definition) is 0. The predicted octanol–water partition coefficient (Wildman–Crippen LogP) is 4.67. The predicted molar refractivity (Wildman–Crippen MR) is 132 cm³/mol. The van der Waals surface area contributed by atoms with Gasteiger partial charge in [0.15, 0.2) is 0 Å². The molecule has 0 amide bonds. The molecule has 4 atom stereocenters. The van der Waals surface area contributed by atoms with Gasteiger partial charge in [0.1, 0.15) is 0 Å². The Bertz CT molecular complexity index is 1230. The fraction of sp³-hybridized carbons (Fsp3) is 0.259.